The van der Waals surface area contributed by atoms with E-state index in [2.05, 4.69) is 0 Å². The van der Waals surface area contributed by atoms with Gasteiger partial charge in [0.15, 0.2) is 0 Å². The molecule has 0 radical (unpaired) electrons. The van der Waals surface area contributed by atoms with Crippen molar-refractivity contribution in [3.05, 3.63) is 114 Å². The van der Waals surface area contributed by atoms with Gasteiger partial charge >= 0.3 is 0 Å². The monoisotopic (exact) mass is 341 g/mol. The predicted molar refractivity (Wildman–Crippen MR) is 102 cm³/mol. The van der Waals surface area contributed by atoms with Gasteiger partial charge in [-0.3, -0.25) is 9.69 Å². The van der Waals surface area contributed by atoms with Crippen molar-refractivity contribution in [2.24, 2.45) is 0 Å². The fourth-order valence-corrected chi connectivity index (χ4v) is 3.14. The number of amides is 1. The zero-order valence-corrected chi connectivity index (χ0v) is 14.3. The standard InChI is InChI=1S/C23H19NO2/c25-22-21(19-12-6-2-7-13-19)17-26-23(20-14-8-3-9-15-20)24(22)16-18-10-4-1-5-11-18/h1-15,17,23H,16H2. The molecule has 0 fully saturated rings. The van der Waals surface area contributed by atoms with E-state index < -0.39 is 6.23 Å². The van der Waals surface area contributed by atoms with Crippen LogP contribution in [0.5, 0.6) is 0 Å². The molecule has 3 aromatic rings. The van der Waals surface area contributed by atoms with Gasteiger partial charge in [-0.15, -0.1) is 0 Å². The van der Waals surface area contributed by atoms with Gasteiger partial charge in [-0.1, -0.05) is 91.0 Å². The topological polar surface area (TPSA) is 29.5 Å². The first-order valence-corrected chi connectivity index (χ1v) is 8.64. The van der Waals surface area contributed by atoms with Gasteiger partial charge in [0, 0.05) is 12.1 Å². The fourth-order valence-electron chi connectivity index (χ4n) is 3.14. The van der Waals surface area contributed by atoms with Crippen LogP contribution >= 0.6 is 0 Å². The summed E-state index contributed by atoms with van der Waals surface area (Å²) in [6.45, 7) is 0.489. The number of hydrogen-bond donors (Lipinski definition) is 0. The maximum atomic E-state index is 13.3. The van der Waals surface area contributed by atoms with E-state index in [1.165, 1.54) is 0 Å². The van der Waals surface area contributed by atoms with E-state index in [9.17, 15) is 4.79 Å². The SMILES string of the molecule is O=C1C(c2ccccc2)=COC(c2ccccc2)N1Cc1ccccc1. The van der Waals surface area contributed by atoms with Crippen LogP contribution < -0.4 is 0 Å². The molecule has 3 heteroatoms. The van der Waals surface area contributed by atoms with Gasteiger partial charge in [0.05, 0.1) is 11.8 Å². The van der Waals surface area contributed by atoms with Crippen LogP contribution in [0.3, 0.4) is 0 Å². The molecule has 128 valence electrons. The zero-order chi connectivity index (χ0) is 17.8. The first-order chi connectivity index (χ1) is 12.8. The quantitative estimate of drug-likeness (QED) is 0.683. The summed E-state index contributed by atoms with van der Waals surface area (Å²) in [5, 5.41) is 0. The molecule has 0 saturated carbocycles. The molecule has 1 aliphatic heterocycles. The molecule has 0 N–H and O–H groups in total. The average molecular weight is 341 g/mol. The molecule has 0 aromatic heterocycles. The molecule has 0 bridgehead atoms. The van der Waals surface area contributed by atoms with Crippen molar-refractivity contribution in [3.63, 3.8) is 0 Å². The lowest BCUT2D eigenvalue weighted by molar-refractivity contribution is -0.140. The van der Waals surface area contributed by atoms with Crippen LogP contribution in [0.15, 0.2) is 97.3 Å². The predicted octanol–water partition coefficient (Wildman–Crippen LogP) is 4.79. The highest BCUT2D eigenvalue weighted by atomic mass is 16.5. The summed E-state index contributed by atoms with van der Waals surface area (Å²) in [7, 11) is 0. The van der Waals surface area contributed by atoms with Crippen LogP contribution in [0.2, 0.25) is 0 Å². The number of hydrogen-bond acceptors (Lipinski definition) is 2. The minimum Gasteiger partial charge on any atom is -0.473 e. The summed E-state index contributed by atoms with van der Waals surface area (Å²) in [4.78, 5) is 15.1. The van der Waals surface area contributed by atoms with Crippen molar-refractivity contribution >= 4 is 11.5 Å². The van der Waals surface area contributed by atoms with Crippen LogP contribution in [0.1, 0.15) is 22.9 Å². The molecule has 1 atom stereocenters. The summed E-state index contributed by atoms with van der Waals surface area (Å²) in [5.74, 6) is -0.0276. The van der Waals surface area contributed by atoms with Gasteiger partial charge in [0.2, 0.25) is 6.23 Å². The zero-order valence-electron chi connectivity index (χ0n) is 14.3. The fraction of sp³-hybridized carbons (Fsp3) is 0.0870. The van der Waals surface area contributed by atoms with E-state index in [-0.39, 0.29) is 5.91 Å². The molecule has 3 aromatic carbocycles. The largest absolute Gasteiger partial charge is 0.473 e. The smallest absolute Gasteiger partial charge is 0.261 e. The molecule has 0 aliphatic carbocycles. The van der Waals surface area contributed by atoms with E-state index in [1.54, 1.807) is 11.2 Å². The first kappa shape index (κ1) is 16.2. The second-order valence-corrected chi connectivity index (χ2v) is 6.22. The Balaban J connectivity index is 1.72. The molecule has 1 amide bonds. The number of carbonyl (C=O) groups excluding carboxylic acids is 1. The number of rotatable bonds is 4. The van der Waals surface area contributed by atoms with Crippen molar-refractivity contribution in [2.45, 2.75) is 12.8 Å². The minimum absolute atomic E-state index is 0.0276. The maximum Gasteiger partial charge on any atom is 0.261 e. The van der Waals surface area contributed by atoms with Crippen molar-refractivity contribution < 1.29 is 9.53 Å². The van der Waals surface area contributed by atoms with E-state index in [0.29, 0.717) is 12.1 Å². The Morgan fingerprint density at radius 3 is 2.00 bits per heavy atom. The molecule has 1 aliphatic rings. The summed E-state index contributed by atoms with van der Waals surface area (Å²) in [6, 6.07) is 29.5. The normalized spacial score (nSPS) is 16.8. The molecule has 0 saturated heterocycles. The van der Waals surface area contributed by atoms with Crippen molar-refractivity contribution in [3.8, 4) is 0 Å². The number of ether oxygens (including phenoxy) is 1. The highest BCUT2D eigenvalue weighted by molar-refractivity contribution is 6.19. The van der Waals surface area contributed by atoms with E-state index in [1.807, 2.05) is 91.0 Å². The molecular weight excluding hydrogens is 322 g/mol. The highest BCUT2D eigenvalue weighted by Crippen LogP contribution is 2.33. The summed E-state index contributed by atoms with van der Waals surface area (Å²) in [5.41, 5.74) is 3.47. The average Bonchev–Trinajstić information content (AvgIpc) is 2.71. The van der Waals surface area contributed by atoms with E-state index >= 15 is 0 Å². The van der Waals surface area contributed by atoms with Gasteiger partial charge in [-0.2, -0.15) is 0 Å². The Morgan fingerprint density at radius 2 is 1.35 bits per heavy atom. The van der Waals surface area contributed by atoms with Crippen LogP contribution in [-0.2, 0) is 16.1 Å². The third-order valence-electron chi connectivity index (χ3n) is 4.45. The molecule has 26 heavy (non-hydrogen) atoms. The lowest BCUT2D eigenvalue weighted by Gasteiger charge is -2.35. The van der Waals surface area contributed by atoms with E-state index in [4.69, 9.17) is 4.74 Å². The van der Waals surface area contributed by atoms with Crippen molar-refractivity contribution in [2.75, 3.05) is 0 Å². The van der Waals surface area contributed by atoms with Crippen molar-refractivity contribution in [1.82, 2.24) is 4.90 Å². The number of nitrogens with zero attached hydrogens (tertiary/aromatic N) is 1. The molecule has 1 heterocycles. The maximum absolute atomic E-state index is 13.3. The van der Waals surface area contributed by atoms with Crippen LogP contribution in [-0.4, -0.2) is 10.8 Å². The van der Waals surface area contributed by atoms with Crippen LogP contribution in [0, 0.1) is 0 Å². The van der Waals surface area contributed by atoms with Crippen molar-refractivity contribution in [1.29, 1.82) is 0 Å². The molecule has 4 rings (SSSR count). The lowest BCUT2D eigenvalue weighted by Crippen LogP contribution is -2.38. The second kappa shape index (κ2) is 7.28. The lowest BCUT2D eigenvalue weighted by atomic mass is 10.0. The Kier molecular flexibility index (Phi) is 4.52. The van der Waals surface area contributed by atoms with Gasteiger partial charge in [0.25, 0.3) is 5.91 Å². The third kappa shape index (κ3) is 3.24. The molecular formula is C23H19NO2. The summed E-state index contributed by atoms with van der Waals surface area (Å²) >= 11 is 0. The Morgan fingerprint density at radius 1 is 0.769 bits per heavy atom. The number of benzene rings is 3. The Bertz CT molecular complexity index is 905. The summed E-state index contributed by atoms with van der Waals surface area (Å²) in [6.07, 6.45) is 1.16. The van der Waals surface area contributed by atoms with Crippen LogP contribution in [0.4, 0.5) is 0 Å². The Hall–Kier alpha value is -3.33. The van der Waals surface area contributed by atoms with Gasteiger partial charge < -0.3 is 4.74 Å². The third-order valence-corrected chi connectivity index (χ3v) is 4.45. The highest BCUT2D eigenvalue weighted by Gasteiger charge is 2.33. The van der Waals surface area contributed by atoms with Gasteiger partial charge in [-0.25, -0.2) is 0 Å². The van der Waals surface area contributed by atoms with Crippen LogP contribution in [0.25, 0.3) is 5.57 Å². The molecule has 0 spiro atoms. The second-order valence-electron chi connectivity index (χ2n) is 6.22. The van der Waals surface area contributed by atoms with E-state index in [0.717, 1.165) is 16.7 Å². The number of carbonyl (C=O) groups is 1. The van der Waals surface area contributed by atoms with Gasteiger partial charge in [-0.05, 0) is 11.1 Å². The molecule has 1 unspecified atom stereocenters. The first-order valence-electron chi connectivity index (χ1n) is 8.64. The van der Waals surface area contributed by atoms with Gasteiger partial charge in [0.1, 0.15) is 0 Å². The summed E-state index contributed by atoms with van der Waals surface area (Å²) < 4.78 is 6.03. The molecule has 3 nitrogen and oxygen atoms in total. The Labute approximate surface area is 153 Å². The minimum atomic E-state index is -0.434.